The molecule has 2 aliphatic rings. The molecule has 1 saturated heterocycles. The van der Waals surface area contributed by atoms with Gasteiger partial charge >= 0.3 is 17.9 Å². The van der Waals surface area contributed by atoms with Crippen molar-refractivity contribution in [3.63, 3.8) is 0 Å². The van der Waals surface area contributed by atoms with Gasteiger partial charge < -0.3 is 24.8 Å². The summed E-state index contributed by atoms with van der Waals surface area (Å²) in [4.78, 5) is 80.2. The Labute approximate surface area is 272 Å². The zero-order chi connectivity index (χ0) is 32.8. The van der Waals surface area contributed by atoms with Gasteiger partial charge in [0.05, 0.1) is 26.3 Å². The van der Waals surface area contributed by atoms with E-state index in [0.717, 1.165) is 24.0 Å². The minimum Gasteiger partial charge on any atom is -0.468 e. The first kappa shape index (κ1) is 32.4. The Morgan fingerprint density at radius 3 is 2.04 bits per heavy atom. The highest BCUT2D eigenvalue weighted by molar-refractivity contribution is 8.00. The third-order valence-corrected chi connectivity index (χ3v) is 9.39. The number of ether oxygens (including phenoxy) is 3. The van der Waals surface area contributed by atoms with Gasteiger partial charge in [-0.3, -0.25) is 28.9 Å². The minimum atomic E-state index is -1.99. The van der Waals surface area contributed by atoms with Crippen LogP contribution in [-0.4, -0.2) is 71.9 Å². The average molecular weight is 664 g/mol. The van der Waals surface area contributed by atoms with E-state index in [1.165, 1.54) is 23.1 Å². The molecule has 2 N–H and O–H groups in total. The number of hydrogen-bond donors (Lipinski definition) is 2. The summed E-state index contributed by atoms with van der Waals surface area (Å²) in [5, 5.41) is 6.36. The number of fused-ring (bicyclic) bond motifs is 1. The maximum atomic E-state index is 14.1. The van der Waals surface area contributed by atoms with E-state index in [1.807, 2.05) is 29.6 Å². The van der Waals surface area contributed by atoms with Crippen molar-refractivity contribution < 1.29 is 43.0 Å². The van der Waals surface area contributed by atoms with Crippen LogP contribution in [0.15, 0.2) is 89.6 Å². The Kier molecular flexibility index (Phi) is 10.2. The number of hydrogen-bond acceptors (Lipinski definition) is 11. The average Bonchev–Trinajstić information content (AvgIpc) is 3.59. The summed E-state index contributed by atoms with van der Waals surface area (Å²) in [6.45, 7) is 0. The molecule has 3 heterocycles. The normalized spacial score (nSPS) is 17.1. The molecule has 1 fully saturated rings. The van der Waals surface area contributed by atoms with Crippen molar-refractivity contribution in [3.8, 4) is 0 Å². The number of nitrogens with one attached hydrogen (secondary N) is 2. The molecule has 0 bridgehead atoms. The van der Waals surface area contributed by atoms with Crippen LogP contribution in [0.3, 0.4) is 0 Å². The molecule has 14 heteroatoms. The van der Waals surface area contributed by atoms with Gasteiger partial charge in [-0.1, -0.05) is 66.7 Å². The van der Waals surface area contributed by atoms with Crippen LogP contribution in [0.1, 0.15) is 22.1 Å². The summed E-state index contributed by atoms with van der Waals surface area (Å²) in [6, 6.07) is 20.6. The SMILES string of the molecule is COC(=O)C(C(=O)NC1=C(C(=O)OC(c2ccccc2)c2ccccc2)N2C(=O)C(NC(=O)Cc3cccs3)[C@@H]2SC1)C(=O)OC. The van der Waals surface area contributed by atoms with Gasteiger partial charge in [-0.25, -0.2) is 4.79 Å². The molecule has 2 atom stereocenters. The highest BCUT2D eigenvalue weighted by Gasteiger charge is 2.55. The van der Waals surface area contributed by atoms with Crippen LogP contribution >= 0.6 is 23.1 Å². The van der Waals surface area contributed by atoms with Gasteiger partial charge in [0.1, 0.15) is 11.4 Å². The predicted molar refractivity (Wildman–Crippen MR) is 167 cm³/mol. The summed E-state index contributed by atoms with van der Waals surface area (Å²) in [5.74, 6) is -7.37. The Morgan fingerprint density at radius 1 is 0.891 bits per heavy atom. The predicted octanol–water partition coefficient (Wildman–Crippen LogP) is 2.31. The number of carbonyl (C=O) groups excluding carboxylic acids is 6. The van der Waals surface area contributed by atoms with Crippen LogP contribution in [0.2, 0.25) is 0 Å². The molecule has 0 spiro atoms. The summed E-state index contributed by atoms with van der Waals surface area (Å²) in [6.07, 6.45) is -0.800. The van der Waals surface area contributed by atoms with Gasteiger partial charge in [0.25, 0.3) is 5.91 Å². The molecule has 1 aromatic heterocycles. The van der Waals surface area contributed by atoms with Crippen molar-refractivity contribution in [1.29, 1.82) is 0 Å². The fraction of sp³-hybridized carbons (Fsp3) is 0.250. The van der Waals surface area contributed by atoms with Crippen molar-refractivity contribution in [1.82, 2.24) is 15.5 Å². The fourth-order valence-corrected chi connectivity index (χ4v) is 7.00. The first-order valence-electron chi connectivity index (χ1n) is 14.0. The van der Waals surface area contributed by atoms with Crippen molar-refractivity contribution in [3.05, 3.63) is 106 Å². The van der Waals surface area contributed by atoms with Gasteiger partial charge in [-0.2, -0.15) is 0 Å². The second kappa shape index (κ2) is 14.4. The molecular formula is C32H29N3O9S2. The maximum Gasteiger partial charge on any atom is 0.357 e. The lowest BCUT2D eigenvalue weighted by Crippen LogP contribution is -2.71. The number of thiophene rings is 1. The quantitative estimate of drug-likeness (QED) is 0.135. The van der Waals surface area contributed by atoms with Crippen LogP contribution in [-0.2, 0) is 49.4 Å². The van der Waals surface area contributed by atoms with Crippen LogP contribution in [0.25, 0.3) is 0 Å². The lowest BCUT2D eigenvalue weighted by atomic mass is 10.0. The first-order chi connectivity index (χ1) is 22.2. The van der Waals surface area contributed by atoms with Crippen LogP contribution in [0.5, 0.6) is 0 Å². The highest BCUT2D eigenvalue weighted by Crippen LogP contribution is 2.41. The molecule has 0 saturated carbocycles. The van der Waals surface area contributed by atoms with E-state index < -0.39 is 53.2 Å². The van der Waals surface area contributed by atoms with Gasteiger partial charge in [0, 0.05) is 10.6 Å². The molecule has 1 unspecified atom stereocenters. The van der Waals surface area contributed by atoms with Gasteiger partial charge in [-0.15, -0.1) is 23.1 Å². The lowest BCUT2D eigenvalue weighted by Gasteiger charge is -2.49. The number of rotatable bonds is 11. The maximum absolute atomic E-state index is 14.1. The number of thioether (sulfide) groups is 1. The molecule has 0 radical (unpaired) electrons. The third kappa shape index (κ3) is 6.82. The Hall–Kier alpha value is -4.95. The van der Waals surface area contributed by atoms with E-state index in [9.17, 15) is 28.8 Å². The standard InChI is InChI=1S/C32H29N3O9S2/c1-42-30(39)23(31(40)43-2)27(37)33-21-17-46-29-24(34-22(36)16-20-14-9-15-45-20)28(38)35(29)25(21)32(41)44-26(18-10-5-3-6-11-18)19-12-7-4-8-13-19/h3-15,23-24,26,29H,16-17H2,1-2H3,(H,33,37)(H,34,36)/t24?,29-/m0/s1. The molecule has 3 amide bonds. The zero-order valence-corrected chi connectivity index (χ0v) is 26.3. The minimum absolute atomic E-state index is 0.0294. The molecule has 2 aromatic carbocycles. The topological polar surface area (TPSA) is 157 Å². The van der Waals surface area contributed by atoms with Crippen molar-refractivity contribution >= 4 is 58.7 Å². The van der Waals surface area contributed by atoms with Gasteiger partial charge in [-0.05, 0) is 22.6 Å². The van der Waals surface area contributed by atoms with Crippen molar-refractivity contribution in [2.24, 2.45) is 5.92 Å². The van der Waals surface area contributed by atoms with E-state index in [1.54, 1.807) is 48.5 Å². The molecular weight excluding hydrogens is 634 g/mol. The third-order valence-electron chi connectivity index (χ3n) is 7.23. The summed E-state index contributed by atoms with van der Waals surface area (Å²) >= 11 is 2.59. The van der Waals surface area contributed by atoms with E-state index in [4.69, 9.17) is 4.74 Å². The number of benzene rings is 2. The molecule has 12 nitrogen and oxygen atoms in total. The Bertz CT molecular complexity index is 1610. The first-order valence-corrected chi connectivity index (χ1v) is 15.9. The van der Waals surface area contributed by atoms with Gasteiger partial charge in [0.15, 0.2) is 11.8 Å². The second-order valence-corrected chi connectivity index (χ2v) is 12.3. The second-order valence-electron chi connectivity index (χ2n) is 10.1. The van der Waals surface area contributed by atoms with E-state index >= 15 is 0 Å². The fourth-order valence-electron chi connectivity index (χ4n) is 5.01. The number of β-lactam (4-membered cyclic amide) rings is 1. The van der Waals surface area contributed by atoms with E-state index in [-0.39, 0.29) is 29.5 Å². The van der Waals surface area contributed by atoms with Crippen LogP contribution in [0.4, 0.5) is 0 Å². The highest BCUT2D eigenvalue weighted by atomic mass is 32.2. The van der Waals surface area contributed by atoms with Gasteiger partial charge in [0.2, 0.25) is 17.7 Å². The molecule has 238 valence electrons. The zero-order valence-electron chi connectivity index (χ0n) is 24.7. The Balaban J connectivity index is 1.47. The smallest absolute Gasteiger partial charge is 0.357 e. The van der Waals surface area contributed by atoms with E-state index in [0.29, 0.717) is 11.1 Å². The summed E-state index contributed by atoms with van der Waals surface area (Å²) in [7, 11) is 2.02. The molecule has 46 heavy (non-hydrogen) atoms. The van der Waals surface area contributed by atoms with Crippen molar-refractivity contribution in [2.45, 2.75) is 23.9 Å². The molecule has 2 aliphatic heterocycles. The van der Waals surface area contributed by atoms with Crippen LogP contribution < -0.4 is 10.6 Å². The number of amides is 3. The number of esters is 3. The summed E-state index contributed by atoms with van der Waals surface area (Å²) in [5.41, 5.74) is 0.960. The van der Waals surface area contributed by atoms with Crippen LogP contribution in [0, 0.1) is 5.92 Å². The summed E-state index contributed by atoms with van der Waals surface area (Å²) < 4.78 is 15.3. The molecule has 0 aliphatic carbocycles. The number of carbonyl (C=O) groups is 6. The number of nitrogens with zero attached hydrogens (tertiary/aromatic N) is 1. The largest absolute Gasteiger partial charge is 0.468 e. The monoisotopic (exact) mass is 663 g/mol. The number of methoxy groups -OCH3 is 2. The molecule has 5 rings (SSSR count). The molecule has 3 aromatic rings. The van der Waals surface area contributed by atoms with Crippen molar-refractivity contribution in [2.75, 3.05) is 20.0 Å². The van der Waals surface area contributed by atoms with E-state index in [2.05, 4.69) is 20.1 Å². The Morgan fingerprint density at radius 2 is 1.50 bits per heavy atom. The lowest BCUT2D eigenvalue weighted by molar-refractivity contribution is -0.162.